The zero-order valence-electron chi connectivity index (χ0n) is 13.6. The molecular weight excluding hydrogens is 272 g/mol. The predicted molar refractivity (Wildman–Crippen MR) is 79.8 cm³/mol. The number of piperidine rings is 1. The first kappa shape index (κ1) is 17.8. The minimum absolute atomic E-state index is 0.214. The fourth-order valence-corrected chi connectivity index (χ4v) is 2.46. The molecule has 0 spiro atoms. The molecule has 1 amide bonds. The smallest absolute Gasteiger partial charge is 0.410 e. The van der Waals surface area contributed by atoms with E-state index in [2.05, 4.69) is 0 Å². The number of nitrogens with two attached hydrogens (primary N) is 1. The quantitative estimate of drug-likeness (QED) is 0.802. The topological polar surface area (TPSA) is 81.9 Å². The zero-order valence-corrected chi connectivity index (χ0v) is 13.6. The molecule has 0 aromatic carbocycles. The maximum atomic E-state index is 12.0. The molecule has 0 aromatic rings. The lowest BCUT2D eigenvalue weighted by Gasteiger charge is -2.40. The molecule has 0 bridgehead atoms. The Morgan fingerprint density at radius 1 is 1.24 bits per heavy atom. The highest BCUT2D eigenvalue weighted by Crippen LogP contribution is 2.34. The molecule has 122 valence electrons. The fraction of sp³-hybridized carbons (Fsp3) is 0.867. The number of likely N-dealkylation sites (tertiary alicyclic amines) is 1. The number of carbonyl (C=O) groups excluding carboxylic acids is 2. The summed E-state index contributed by atoms with van der Waals surface area (Å²) < 4.78 is 10.4. The van der Waals surface area contributed by atoms with Gasteiger partial charge in [0.2, 0.25) is 0 Å². The second kappa shape index (κ2) is 7.11. The van der Waals surface area contributed by atoms with E-state index in [9.17, 15) is 9.59 Å². The highest BCUT2D eigenvalue weighted by molar-refractivity contribution is 5.71. The van der Waals surface area contributed by atoms with Crippen molar-refractivity contribution < 1.29 is 19.1 Å². The van der Waals surface area contributed by atoms with Crippen LogP contribution in [0.3, 0.4) is 0 Å². The van der Waals surface area contributed by atoms with Gasteiger partial charge in [-0.1, -0.05) is 0 Å². The largest absolute Gasteiger partial charge is 0.466 e. The van der Waals surface area contributed by atoms with E-state index in [0.29, 0.717) is 45.5 Å². The molecular formula is C15H28N2O4. The lowest BCUT2D eigenvalue weighted by Crippen LogP contribution is -2.48. The third-order valence-corrected chi connectivity index (χ3v) is 3.73. The van der Waals surface area contributed by atoms with Crippen LogP contribution in [0.25, 0.3) is 0 Å². The Hall–Kier alpha value is -1.30. The van der Waals surface area contributed by atoms with Gasteiger partial charge >= 0.3 is 12.1 Å². The van der Waals surface area contributed by atoms with Crippen LogP contribution in [0.4, 0.5) is 4.79 Å². The first-order valence-electron chi connectivity index (χ1n) is 7.55. The molecule has 1 fully saturated rings. The highest BCUT2D eigenvalue weighted by Gasteiger charge is 2.38. The van der Waals surface area contributed by atoms with E-state index >= 15 is 0 Å². The molecule has 1 heterocycles. The number of hydrogen-bond donors (Lipinski definition) is 1. The van der Waals surface area contributed by atoms with Crippen LogP contribution in [-0.2, 0) is 14.3 Å². The van der Waals surface area contributed by atoms with Crippen LogP contribution in [0.15, 0.2) is 0 Å². The molecule has 0 atom stereocenters. The maximum absolute atomic E-state index is 12.0. The van der Waals surface area contributed by atoms with Gasteiger partial charge in [-0.25, -0.2) is 4.79 Å². The van der Waals surface area contributed by atoms with E-state index in [1.165, 1.54) is 0 Å². The number of ether oxygens (including phenoxy) is 2. The first-order chi connectivity index (χ1) is 9.71. The number of hydrogen-bond acceptors (Lipinski definition) is 5. The molecule has 2 N–H and O–H groups in total. The van der Waals surface area contributed by atoms with Gasteiger partial charge in [-0.15, -0.1) is 0 Å². The Kier molecular flexibility index (Phi) is 6.01. The summed E-state index contributed by atoms with van der Waals surface area (Å²) in [6.45, 7) is 9.26. The molecule has 1 rings (SSSR count). The fourth-order valence-electron chi connectivity index (χ4n) is 2.46. The second-order valence-electron chi connectivity index (χ2n) is 6.65. The summed E-state index contributed by atoms with van der Waals surface area (Å²) in [6.07, 6.45) is 1.41. The van der Waals surface area contributed by atoms with Crippen molar-refractivity contribution in [3.63, 3.8) is 0 Å². The number of carbonyl (C=O) groups is 2. The van der Waals surface area contributed by atoms with Crippen LogP contribution in [0, 0.1) is 5.41 Å². The van der Waals surface area contributed by atoms with Gasteiger partial charge in [0.15, 0.2) is 0 Å². The molecule has 6 nitrogen and oxygen atoms in total. The van der Waals surface area contributed by atoms with E-state index in [-0.39, 0.29) is 17.5 Å². The minimum Gasteiger partial charge on any atom is -0.466 e. The van der Waals surface area contributed by atoms with Crippen LogP contribution in [-0.4, -0.2) is 48.8 Å². The van der Waals surface area contributed by atoms with E-state index in [0.717, 1.165) is 0 Å². The molecule has 21 heavy (non-hydrogen) atoms. The average molecular weight is 300 g/mol. The van der Waals surface area contributed by atoms with Crippen LogP contribution in [0.5, 0.6) is 0 Å². The lowest BCUT2D eigenvalue weighted by molar-refractivity contribution is -0.146. The van der Waals surface area contributed by atoms with Crippen molar-refractivity contribution in [1.29, 1.82) is 0 Å². The monoisotopic (exact) mass is 300 g/mol. The minimum atomic E-state index is -0.496. The molecule has 1 saturated heterocycles. The van der Waals surface area contributed by atoms with Crippen molar-refractivity contribution >= 4 is 12.1 Å². The van der Waals surface area contributed by atoms with E-state index in [1.807, 2.05) is 20.8 Å². The molecule has 0 radical (unpaired) electrons. The summed E-state index contributed by atoms with van der Waals surface area (Å²) in [5, 5.41) is 0. The Morgan fingerprint density at radius 3 is 2.24 bits per heavy atom. The standard InChI is InChI=1S/C15H28N2O4/c1-5-20-12(18)10-15(11-16)6-8-17(9-7-15)13(19)21-14(2,3)4/h5-11,16H2,1-4H3. The van der Waals surface area contributed by atoms with Gasteiger partial charge in [0.1, 0.15) is 5.60 Å². The van der Waals surface area contributed by atoms with Gasteiger partial charge < -0.3 is 20.1 Å². The van der Waals surface area contributed by atoms with Crippen molar-refractivity contribution in [3.05, 3.63) is 0 Å². The van der Waals surface area contributed by atoms with Gasteiger partial charge in [-0.05, 0) is 52.5 Å². The van der Waals surface area contributed by atoms with Crippen molar-refractivity contribution in [2.75, 3.05) is 26.2 Å². The van der Waals surface area contributed by atoms with E-state index < -0.39 is 5.60 Å². The van der Waals surface area contributed by atoms with Crippen LogP contribution in [0.2, 0.25) is 0 Å². The summed E-state index contributed by atoms with van der Waals surface area (Å²) in [6, 6.07) is 0. The van der Waals surface area contributed by atoms with Crippen molar-refractivity contribution in [3.8, 4) is 0 Å². The SMILES string of the molecule is CCOC(=O)CC1(CN)CCN(C(=O)OC(C)(C)C)CC1. The van der Waals surface area contributed by atoms with Gasteiger partial charge in [0.25, 0.3) is 0 Å². The zero-order chi connectivity index (χ0) is 16.1. The molecule has 1 aliphatic rings. The van der Waals surface area contributed by atoms with Gasteiger partial charge in [0, 0.05) is 13.1 Å². The summed E-state index contributed by atoms with van der Waals surface area (Å²) in [5.41, 5.74) is 5.11. The van der Waals surface area contributed by atoms with Crippen molar-refractivity contribution in [1.82, 2.24) is 4.90 Å². The highest BCUT2D eigenvalue weighted by atomic mass is 16.6. The molecule has 6 heteroatoms. The molecule has 1 aliphatic heterocycles. The Morgan fingerprint density at radius 2 is 1.81 bits per heavy atom. The molecule has 0 saturated carbocycles. The third kappa shape index (κ3) is 5.53. The number of amides is 1. The van der Waals surface area contributed by atoms with Gasteiger partial charge in [0.05, 0.1) is 13.0 Å². The third-order valence-electron chi connectivity index (χ3n) is 3.73. The molecule has 0 aromatic heterocycles. The van der Waals surface area contributed by atoms with Crippen LogP contribution in [0.1, 0.15) is 47.0 Å². The Labute approximate surface area is 126 Å². The maximum Gasteiger partial charge on any atom is 0.410 e. The van der Waals surface area contributed by atoms with Crippen LogP contribution >= 0.6 is 0 Å². The van der Waals surface area contributed by atoms with Gasteiger partial charge in [-0.2, -0.15) is 0 Å². The number of rotatable bonds is 4. The van der Waals surface area contributed by atoms with Gasteiger partial charge in [-0.3, -0.25) is 4.79 Å². The van der Waals surface area contributed by atoms with E-state index in [1.54, 1.807) is 11.8 Å². The molecule has 0 aliphatic carbocycles. The summed E-state index contributed by atoms with van der Waals surface area (Å²) in [4.78, 5) is 25.4. The normalized spacial score (nSPS) is 18.2. The average Bonchev–Trinajstić information content (AvgIpc) is 2.37. The number of esters is 1. The summed E-state index contributed by atoms with van der Waals surface area (Å²) in [5.74, 6) is -0.214. The second-order valence-corrected chi connectivity index (χ2v) is 6.65. The predicted octanol–water partition coefficient (Wildman–Crippen LogP) is 1.92. The Bertz CT molecular complexity index is 368. The molecule has 0 unspecified atom stereocenters. The first-order valence-corrected chi connectivity index (χ1v) is 7.55. The van der Waals surface area contributed by atoms with E-state index in [4.69, 9.17) is 15.2 Å². The summed E-state index contributed by atoms with van der Waals surface area (Å²) >= 11 is 0. The van der Waals surface area contributed by atoms with Crippen molar-refractivity contribution in [2.24, 2.45) is 11.1 Å². The van der Waals surface area contributed by atoms with Crippen LogP contribution < -0.4 is 5.73 Å². The lowest BCUT2D eigenvalue weighted by atomic mass is 9.76. The Balaban J connectivity index is 2.55. The summed E-state index contributed by atoms with van der Waals surface area (Å²) in [7, 11) is 0. The number of nitrogens with zero attached hydrogens (tertiary/aromatic N) is 1. The van der Waals surface area contributed by atoms with Crippen molar-refractivity contribution in [2.45, 2.75) is 52.6 Å².